The molecule has 0 saturated heterocycles. The third-order valence-electron chi connectivity index (χ3n) is 3.20. The smallest absolute Gasteiger partial charge is 0.410 e. The highest BCUT2D eigenvalue weighted by atomic mass is 35.5. The van der Waals surface area contributed by atoms with E-state index in [9.17, 15) is 18.0 Å². The zero-order valence-electron chi connectivity index (χ0n) is 12.3. The Morgan fingerprint density at radius 3 is 2.44 bits per heavy atom. The number of rotatable bonds is 4. The molecule has 1 atom stereocenters. The summed E-state index contributed by atoms with van der Waals surface area (Å²) in [6, 6.07) is 6.74. The summed E-state index contributed by atoms with van der Waals surface area (Å²) in [6.45, 7) is 0. The van der Waals surface area contributed by atoms with Crippen LogP contribution in [0.2, 0.25) is 10.0 Å². The molecule has 5 nitrogen and oxygen atoms in total. The van der Waals surface area contributed by atoms with Crippen molar-refractivity contribution < 1.29 is 23.2 Å². The van der Waals surface area contributed by atoms with Crippen molar-refractivity contribution in [2.75, 3.05) is 0 Å². The number of nitrogens with zero attached hydrogens (tertiary/aromatic N) is 2. The Bertz CT molecular complexity index is 796. The maximum absolute atomic E-state index is 12.8. The van der Waals surface area contributed by atoms with Gasteiger partial charge in [-0.2, -0.15) is 13.2 Å². The zero-order chi connectivity index (χ0) is 18.6. The van der Waals surface area contributed by atoms with E-state index in [-0.39, 0.29) is 10.7 Å². The SMILES string of the molecule is O=C(N/C=N/O)C(c1ccc(Cl)cc1)c1ncc(C(F)(F)F)cc1Cl. The molecule has 0 aliphatic carbocycles. The van der Waals surface area contributed by atoms with Crippen molar-refractivity contribution in [1.82, 2.24) is 10.3 Å². The Morgan fingerprint density at radius 2 is 1.92 bits per heavy atom. The first kappa shape index (κ1) is 19.0. The Morgan fingerprint density at radius 1 is 1.28 bits per heavy atom. The fraction of sp³-hybridized carbons (Fsp3) is 0.133. The van der Waals surface area contributed by atoms with Gasteiger partial charge in [0, 0.05) is 11.2 Å². The van der Waals surface area contributed by atoms with Crippen LogP contribution in [0.3, 0.4) is 0 Å². The molecule has 2 aromatic rings. The molecule has 1 aromatic carbocycles. The summed E-state index contributed by atoms with van der Waals surface area (Å²) >= 11 is 11.7. The first-order valence-corrected chi connectivity index (χ1v) is 7.44. The molecule has 2 rings (SSSR count). The number of pyridine rings is 1. The van der Waals surface area contributed by atoms with Gasteiger partial charge >= 0.3 is 6.18 Å². The summed E-state index contributed by atoms with van der Waals surface area (Å²) in [5, 5.41) is 13.3. The number of hydrogen-bond donors (Lipinski definition) is 2. The molecule has 2 N–H and O–H groups in total. The third kappa shape index (κ3) is 4.61. The zero-order valence-corrected chi connectivity index (χ0v) is 13.8. The van der Waals surface area contributed by atoms with Crippen molar-refractivity contribution in [2.45, 2.75) is 12.1 Å². The number of halogens is 5. The summed E-state index contributed by atoms with van der Waals surface area (Å²) in [5.74, 6) is -1.83. The lowest BCUT2D eigenvalue weighted by molar-refractivity contribution is -0.137. The monoisotopic (exact) mass is 391 g/mol. The van der Waals surface area contributed by atoms with Gasteiger partial charge in [-0.1, -0.05) is 40.5 Å². The van der Waals surface area contributed by atoms with Gasteiger partial charge in [0.25, 0.3) is 0 Å². The minimum absolute atomic E-state index is 0.0826. The third-order valence-corrected chi connectivity index (χ3v) is 3.76. The lowest BCUT2D eigenvalue weighted by Gasteiger charge is -2.18. The van der Waals surface area contributed by atoms with Gasteiger partial charge in [0.15, 0.2) is 0 Å². The second-order valence-electron chi connectivity index (χ2n) is 4.83. The van der Waals surface area contributed by atoms with Gasteiger partial charge in [-0.3, -0.25) is 9.78 Å². The predicted octanol–water partition coefficient (Wildman–Crippen LogP) is 4.07. The largest absolute Gasteiger partial charge is 0.417 e. The molecule has 0 fully saturated rings. The van der Waals surface area contributed by atoms with Crippen LogP contribution in [0.15, 0.2) is 41.7 Å². The van der Waals surface area contributed by atoms with Gasteiger partial charge in [0.05, 0.1) is 16.3 Å². The number of carbonyl (C=O) groups excluding carboxylic acids is 1. The second kappa shape index (κ2) is 7.71. The maximum atomic E-state index is 12.8. The van der Waals surface area contributed by atoms with Crippen LogP contribution in [0.1, 0.15) is 22.7 Å². The first-order chi connectivity index (χ1) is 11.7. The Hall–Kier alpha value is -2.32. The van der Waals surface area contributed by atoms with Crippen LogP contribution in [0, 0.1) is 0 Å². The molecule has 1 unspecified atom stereocenters. The predicted molar refractivity (Wildman–Crippen MR) is 86.0 cm³/mol. The summed E-state index contributed by atoms with van der Waals surface area (Å²) in [5.41, 5.74) is -0.725. The van der Waals surface area contributed by atoms with E-state index in [2.05, 4.69) is 15.5 Å². The molecular formula is C15H10Cl2F3N3O2. The van der Waals surface area contributed by atoms with Crippen molar-refractivity contribution in [3.05, 3.63) is 63.4 Å². The van der Waals surface area contributed by atoms with Crippen molar-refractivity contribution in [2.24, 2.45) is 5.16 Å². The molecule has 0 spiro atoms. The number of oxime groups is 1. The quantitative estimate of drug-likeness (QED) is 0.357. The van der Waals surface area contributed by atoms with Gasteiger partial charge in [-0.15, -0.1) is 0 Å². The molecule has 1 heterocycles. The van der Waals surface area contributed by atoms with Crippen LogP contribution in [-0.4, -0.2) is 22.4 Å². The van der Waals surface area contributed by atoms with Gasteiger partial charge in [-0.05, 0) is 23.8 Å². The second-order valence-corrected chi connectivity index (χ2v) is 5.67. The summed E-state index contributed by atoms with van der Waals surface area (Å²) in [7, 11) is 0. The van der Waals surface area contributed by atoms with Crippen molar-refractivity contribution in [3.8, 4) is 0 Å². The molecular weight excluding hydrogens is 382 g/mol. The molecule has 0 aliphatic heterocycles. The highest BCUT2D eigenvalue weighted by Gasteiger charge is 2.33. The van der Waals surface area contributed by atoms with E-state index in [1.165, 1.54) is 24.3 Å². The fourth-order valence-corrected chi connectivity index (χ4v) is 2.48. The molecule has 25 heavy (non-hydrogen) atoms. The van der Waals surface area contributed by atoms with Crippen LogP contribution in [-0.2, 0) is 11.0 Å². The topological polar surface area (TPSA) is 74.6 Å². The number of carbonyl (C=O) groups is 1. The van der Waals surface area contributed by atoms with Crippen LogP contribution in [0.4, 0.5) is 13.2 Å². The van der Waals surface area contributed by atoms with Gasteiger partial charge in [0.1, 0.15) is 12.3 Å². The van der Waals surface area contributed by atoms with Gasteiger partial charge in [0.2, 0.25) is 5.91 Å². The molecule has 1 amide bonds. The molecule has 0 radical (unpaired) electrons. The summed E-state index contributed by atoms with van der Waals surface area (Å²) in [4.78, 5) is 16.1. The lowest BCUT2D eigenvalue weighted by Crippen LogP contribution is -2.29. The number of aromatic nitrogens is 1. The number of nitrogens with one attached hydrogen (secondary N) is 1. The molecule has 1 aromatic heterocycles. The molecule has 0 saturated carbocycles. The molecule has 10 heteroatoms. The number of hydrogen-bond acceptors (Lipinski definition) is 4. The Kier molecular flexibility index (Phi) is 5.86. The summed E-state index contributed by atoms with van der Waals surface area (Å²) in [6.07, 6.45) is -3.29. The van der Waals surface area contributed by atoms with E-state index in [4.69, 9.17) is 28.4 Å². The summed E-state index contributed by atoms with van der Waals surface area (Å²) < 4.78 is 38.3. The standard InChI is InChI=1S/C15H10Cl2F3N3O2/c16-10-3-1-8(2-4-10)12(14(24)22-7-23-25)13-11(17)5-9(6-21-13)15(18,19)20/h1-7,12,25H,(H,22,23,24). The van der Waals surface area contributed by atoms with E-state index >= 15 is 0 Å². The van der Waals surface area contributed by atoms with Crippen LogP contribution < -0.4 is 5.32 Å². The van der Waals surface area contributed by atoms with E-state index < -0.39 is 23.6 Å². The minimum Gasteiger partial charge on any atom is -0.410 e. The molecule has 132 valence electrons. The molecule has 0 aliphatic rings. The number of benzene rings is 1. The van der Waals surface area contributed by atoms with Crippen LogP contribution in [0.5, 0.6) is 0 Å². The van der Waals surface area contributed by atoms with E-state index in [0.717, 1.165) is 6.34 Å². The first-order valence-electron chi connectivity index (χ1n) is 6.68. The van der Waals surface area contributed by atoms with E-state index in [0.29, 0.717) is 22.8 Å². The van der Waals surface area contributed by atoms with Gasteiger partial charge in [-0.25, -0.2) is 0 Å². The van der Waals surface area contributed by atoms with Crippen LogP contribution in [0.25, 0.3) is 0 Å². The lowest BCUT2D eigenvalue weighted by atomic mass is 9.94. The Balaban J connectivity index is 2.52. The minimum atomic E-state index is -4.61. The van der Waals surface area contributed by atoms with Gasteiger partial charge < -0.3 is 10.5 Å². The van der Waals surface area contributed by atoms with Crippen molar-refractivity contribution in [1.29, 1.82) is 0 Å². The number of alkyl halides is 3. The van der Waals surface area contributed by atoms with E-state index in [1.54, 1.807) is 0 Å². The van der Waals surface area contributed by atoms with E-state index in [1.807, 2.05) is 0 Å². The number of amides is 1. The highest BCUT2D eigenvalue weighted by Crippen LogP contribution is 2.35. The average molecular weight is 392 g/mol. The van der Waals surface area contributed by atoms with Crippen molar-refractivity contribution in [3.63, 3.8) is 0 Å². The maximum Gasteiger partial charge on any atom is 0.417 e. The van der Waals surface area contributed by atoms with Crippen molar-refractivity contribution >= 4 is 35.4 Å². The highest BCUT2D eigenvalue weighted by molar-refractivity contribution is 6.31. The molecule has 0 bridgehead atoms. The normalized spacial score (nSPS) is 13.0. The van der Waals surface area contributed by atoms with Crippen LogP contribution >= 0.6 is 23.2 Å². The average Bonchev–Trinajstić information content (AvgIpc) is 2.55. The fourth-order valence-electron chi connectivity index (χ4n) is 2.08. The Labute approximate surface area is 150 Å².